The van der Waals surface area contributed by atoms with Crippen LogP contribution >= 0.6 is 0 Å². The van der Waals surface area contributed by atoms with E-state index < -0.39 is 0 Å². The third-order valence-electron chi connectivity index (χ3n) is 4.95. The molecule has 1 unspecified atom stereocenters. The fourth-order valence-corrected chi connectivity index (χ4v) is 4.25. The number of rotatable bonds is 0. The standard InChI is InChI=1S/C13H22/c1-2-11-4-6-12-7-10(1)3-5-13(8-11)9-12/h10-13H,1-9H2/t10-,11?,12+,13-/m1/s1. The molecule has 4 aliphatic carbocycles. The Hall–Kier alpha value is 0. The van der Waals surface area contributed by atoms with Crippen LogP contribution in [0.2, 0.25) is 0 Å². The maximum Gasteiger partial charge on any atom is -0.0409 e. The molecule has 4 rings (SSSR count). The van der Waals surface area contributed by atoms with E-state index in [2.05, 4.69) is 0 Å². The molecule has 4 fully saturated rings. The van der Waals surface area contributed by atoms with Crippen LogP contribution in [0.4, 0.5) is 0 Å². The fourth-order valence-electron chi connectivity index (χ4n) is 4.25. The molecule has 0 radical (unpaired) electrons. The van der Waals surface area contributed by atoms with Crippen LogP contribution in [0.25, 0.3) is 0 Å². The molecule has 4 atom stereocenters. The van der Waals surface area contributed by atoms with Gasteiger partial charge in [0, 0.05) is 0 Å². The van der Waals surface area contributed by atoms with Crippen LogP contribution in [0.15, 0.2) is 0 Å². The minimum absolute atomic E-state index is 1.14. The van der Waals surface area contributed by atoms with Gasteiger partial charge in [0.15, 0.2) is 0 Å². The highest BCUT2D eigenvalue weighted by molar-refractivity contribution is 4.85. The average molecular weight is 178 g/mol. The van der Waals surface area contributed by atoms with Gasteiger partial charge in [0.2, 0.25) is 0 Å². The van der Waals surface area contributed by atoms with Gasteiger partial charge >= 0.3 is 0 Å². The van der Waals surface area contributed by atoms with Gasteiger partial charge in [-0.15, -0.1) is 0 Å². The lowest BCUT2D eigenvalue weighted by Gasteiger charge is -2.27. The van der Waals surface area contributed by atoms with Crippen LogP contribution < -0.4 is 0 Å². The highest BCUT2D eigenvalue weighted by atomic mass is 14.4. The largest absolute Gasteiger partial charge is 0.0502 e. The van der Waals surface area contributed by atoms with Crippen molar-refractivity contribution in [2.45, 2.75) is 57.8 Å². The minimum Gasteiger partial charge on any atom is -0.0502 e. The predicted molar refractivity (Wildman–Crippen MR) is 55.5 cm³/mol. The highest BCUT2D eigenvalue weighted by Crippen LogP contribution is 2.46. The summed E-state index contributed by atoms with van der Waals surface area (Å²) >= 11 is 0. The Kier molecular flexibility index (Phi) is 2.11. The topological polar surface area (TPSA) is 0 Å². The number of hydrogen-bond acceptors (Lipinski definition) is 0. The summed E-state index contributed by atoms with van der Waals surface area (Å²) in [6.45, 7) is 0. The lowest BCUT2D eigenvalue weighted by molar-refractivity contribution is 0.248. The van der Waals surface area contributed by atoms with Gasteiger partial charge in [0.25, 0.3) is 0 Å². The molecule has 0 nitrogen and oxygen atoms in total. The Balaban J connectivity index is 1.86. The van der Waals surface area contributed by atoms with Crippen LogP contribution in [0.1, 0.15) is 57.8 Å². The van der Waals surface area contributed by atoms with Crippen molar-refractivity contribution in [1.29, 1.82) is 0 Å². The first-order valence-corrected chi connectivity index (χ1v) is 6.40. The summed E-state index contributed by atoms with van der Waals surface area (Å²) in [5.74, 6) is 4.56. The first kappa shape index (κ1) is 8.32. The first-order valence-electron chi connectivity index (χ1n) is 6.40. The van der Waals surface area contributed by atoms with E-state index in [1.807, 2.05) is 0 Å². The zero-order chi connectivity index (χ0) is 8.67. The van der Waals surface area contributed by atoms with Crippen molar-refractivity contribution in [1.82, 2.24) is 0 Å². The Bertz CT molecular complexity index is 160. The van der Waals surface area contributed by atoms with E-state index in [1.54, 1.807) is 57.8 Å². The summed E-state index contributed by atoms with van der Waals surface area (Å²) in [5.41, 5.74) is 0. The zero-order valence-corrected chi connectivity index (χ0v) is 8.67. The monoisotopic (exact) mass is 178 g/mol. The summed E-state index contributed by atoms with van der Waals surface area (Å²) in [7, 11) is 0. The lowest BCUT2D eigenvalue weighted by Crippen LogP contribution is -2.14. The van der Waals surface area contributed by atoms with E-state index in [-0.39, 0.29) is 0 Å². The molecule has 0 N–H and O–H groups in total. The van der Waals surface area contributed by atoms with Gasteiger partial charge in [0.1, 0.15) is 0 Å². The maximum atomic E-state index is 1.60. The molecular weight excluding hydrogens is 156 g/mol. The normalized spacial score (nSPS) is 49.8. The van der Waals surface area contributed by atoms with Gasteiger partial charge in [-0.3, -0.25) is 0 Å². The number of hydrogen-bond donors (Lipinski definition) is 0. The molecule has 0 aromatic rings. The quantitative estimate of drug-likeness (QED) is 0.526. The number of fused-ring (bicyclic) bond motifs is 3. The van der Waals surface area contributed by atoms with Gasteiger partial charge in [0.05, 0.1) is 0 Å². The van der Waals surface area contributed by atoms with Crippen molar-refractivity contribution in [3.8, 4) is 0 Å². The van der Waals surface area contributed by atoms with Crippen molar-refractivity contribution in [3.05, 3.63) is 0 Å². The van der Waals surface area contributed by atoms with E-state index in [4.69, 9.17) is 0 Å². The lowest BCUT2D eigenvalue weighted by atomic mass is 9.78. The molecule has 4 bridgehead atoms. The maximum absolute atomic E-state index is 1.60. The van der Waals surface area contributed by atoms with Crippen molar-refractivity contribution in [3.63, 3.8) is 0 Å². The third-order valence-corrected chi connectivity index (χ3v) is 4.95. The molecule has 13 heavy (non-hydrogen) atoms. The summed E-state index contributed by atoms with van der Waals surface area (Å²) < 4.78 is 0. The smallest absolute Gasteiger partial charge is 0.0409 e. The predicted octanol–water partition coefficient (Wildman–Crippen LogP) is 4.00. The molecule has 4 saturated carbocycles. The van der Waals surface area contributed by atoms with E-state index in [9.17, 15) is 0 Å². The molecule has 0 heteroatoms. The van der Waals surface area contributed by atoms with Crippen molar-refractivity contribution >= 4 is 0 Å². The molecule has 4 aliphatic rings. The fraction of sp³-hybridized carbons (Fsp3) is 1.00. The van der Waals surface area contributed by atoms with Gasteiger partial charge in [-0.25, -0.2) is 0 Å². The summed E-state index contributed by atoms with van der Waals surface area (Å²) in [6, 6.07) is 0. The Morgan fingerprint density at radius 2 is 0.692 bits per heavy atom. The molecule has 74 valence electrons. The van der Waals surface area contributed by atoms with Crippen LogP contribution in [-0.4, -0.2) is 0 Å². The summed E-state index contributed by atoms with van der Waals surface area (Å²) in [4.78, 5) is 0. The van der Waals surface area contributed by atoms with E-state index >= 15 is 0 Å². The van der Waals surface area contributed by atoms with E-state index in [0.29, 0.717) is 0 Å². The second-order valence-corrected chi connectivity index (χ2v) is 5.90. The highest BCUT2D eigenvalue weighted by Gasteiger charge is 2.33. The van der Waals surface area contributed by atoms with Crippen LogP contribution in [0, 0.1) is 23.7 Å². The van der Waals surface area contributed by atoms with E-state index in [0.717, 1.165) is 23.7 Å². The van der Waals surface area contributed by atoms with Gasteiger partial charge in [-0.1, -0.05) is 38.5 Å². The van der Waals surface area contributed by atoms with Crippen molar-refractivity contribution in [2.24, 2.45) is 23.7 Å². The Labute approximate surface area is 82.1 Å². The van der Waals surface area contributed by atoms with Crippen LogP contribution in [-0.2, 0) is 0 Å². The first-order chi connectivity index (χ1) is 6.40. The van der Waals surface area contributed by atoms with E-state index in [1.165, 1.54) is 0 Å². The van der Waals surface area contributed by atoms with Gasteiger partial charge in [-0.05, 0) is 42.9 Å². The molecule has 0 aromatic carbocycles. The van der Waals surface area contributed by atoms with Gasteiger partial charge < -0.3 is 0 Å². The third kappa shape index (κ3) is 1.65. The van der Waals surface area contributed by atoms with Gasteiger partial charge in [-0.2, -0.15) is 0 Å². The Morgan fingerprint density at radius 1 is 0.385 bits per heavy atom. The zero-order valence-electron chi connectivity index (χ0n) is 8.67. The van der Waals surface area contributed by atoms with Crippen LogP contribution in [0.5, 0.6) is 0 Å². The molecule has 0 amide bonds. The van der Waals surface area contributed by atoms with Crippen molar-refractivity contribution < 1.29 is 0 Å². The Morgan fingerprint density at radius 3 is 1.15 bits per heavy atom. The second-order valence-electron chi connectivity index (χ2n) is 5.90. The SMILES string of the molecule is C1C[C@@H]2CC[C@@H]3CC1CC[C@@H](C2)C3. The molecular formula is C13H22. The second kappa shape index (κ2) is 3.29. The molecule has 0 aromatic heterocycles. The average Bonchev–Trinajstić information content (AvgIpc) is 2.36. The molecule has 0 spiro atoms. The summed E-state index contributed by atoms with van der Waals surface area (Å²) in [6.07, 6.45) is 14.3. The molecule has 0 heterocycles. The minimum atomic E-state index is 1.14. The molecule has 0 aliphatic heterocycles. The van der Waals surface area contributed by atoms with Crippen LogP contribution in [0.3, 0.4) is 0 Å². The summed E-state index contributed by atoms with van der Waals surface area (Å²) in [5, 5.41) is 0. The van der Waals surface area contributed by atoms with Crippen molar-refractivity contribution in [2.75, 3.05) is 0 Å². The molecule has 0 saturated heterocycles.